The van der Waals surface area contributed by atoms with E-state index in [0.29, 0.717) is 48.0 Å². The summed E-state index contributed by atoms with van der Waals surface area (Å²) in [5.74, 6) is 2.18. The minimum Gasteiger partial charge on any atom is -0.494 e. The number of piperidine rings is 2. The zero-order valence-corrected chi connectivity index (χ0v) is 21.2. The highest BCUT2D eigenvalue weighted by Crippen LogP contribution is 2.38. The molecule has 11 nitrogen and oxygen atoms in total. The molecule has 0 aliphatic carbocycles. The van der Waals surface area contributed by atoms with Gasteiger partial charge in [-0.3, -0.25) is 14.1 Å². The van der Waals surface area contributed by atoms with Gasteiger partial charge in [0.2, 0.25) is 27.7 Å². The molecule has 0 spiro atoms. The third-order valence-electron chi connectivity index (χ3n) is 6.83. The molecule has 2 aromatic heterocycles. The van der Waals surface area contributed by atoms with E-state index in [1.165, 1.54) is 18.8 Å². The summed E-state index contributed by atoms with van der Waals surface area (Å²) in [6.07, 6.45) is 3.35. The normalized spacial score (nSPS) is 20.2. The average Bonchev–Trinajstić information content (AvgIpc) is 3.48. The summed E-state index contributed by atoms with van der Waals surface area (Å²) in [5, 5.41) is 7.66. The number of nitrogens with zero attached hydrogens (tertiary/aromatic N) is 4. The van der Waals surface area contributed by atoms with Crippen LogP contribution in [0.2, 0.25) is 0 Å². The van der Waals surface area contributed by atoms with Crippen LogP contribution in [0.3, 0.4) is 0 Å². The molecule has 2 fully saturated rings. The Bertz CT molecular complexity index is 1360. The second-order valence-electron chi connectivity index (χ2n) is 9.04. The van der Waals surface area contributed by atoms with Crippen molar-refractivity contribution in [1.29, 1.82) is 0 Å². The number of methoxy groups -OCH3 is 2. The monoisotopic (exact) mass is 515 g/mol. The zero-order valence-electron chi connectivity index (χ0n) is 20.4. The number of rotatable bonds is 7. The van der Waals surface area contributed by atoms with Crippen LogP contribution in [0.25, 0.3) is 17.3 Å². The van der Waals surface area contributed by atoms with Gasteiger partial charge in [0.15, 0.2) is 5.76 Å². The smallest absolute Gasteiger partial charge is 0.243 e. The van der Waals surface area contributed by atoms with Crippen molar-refractivity contribution in [3.05, 3.63) is 36.1 Å². The maximum absolute atomic E-state index is 13.6. The van der Waals surface area contributed by atoms with E-state index < -0.39 is 15.3 Å². The lowest BCUT2D eigenvalue weighted by atomic mass is 9.93. The zero-order chi connectivity index (χ0) is 25.4. The van der Waals surface area contributed by atoms with Crippen LogP contribution < -0.4 is 14.2 Å². The lowest BCUT2D eigenvalue weighted by molar-refractivity contribution is -0.137. The number of aryl methyl sites for hydroxylation is 1. The molecule has 3 aromatic rings. The SMILES string of the molecule is COc1cccc(OC)c1-n1c(NS(=O)(=O)[C@@H]2CC[C@@H]3CCCC(=O)N3C2)nnc1-c1ccc(C)o1. The minimum atomic E-state index is -3.92. The van der Waals surface area contributed by atoms with Crippen LogP contribution in [-0.2, 0) is 14.8 Å². The van der Waals surface area contributed by atoms with Crippen molar-refractivity contribution < 1.29 is 27.1 Å². The van der Waals surface area contributed by atoms with E-state index in [1.807, 2.05) is 0 Å². The Morgan fingerprint density at radius 1 is 1.06 bits per heavy atom. The average molecular weight is 516 g/mol. The molecule has 4 heterocycles. The highest BCUT2D eigenvalue weighted by molar-refractivity contribution is 7.93. The van der Waals surface area contributed by atoms with Crippen molar-refractivity contribution in [3.63, 3.8) is 0 Å². The fourth-order valence-corrected chi connectivity index (χ4v) is 6.38. The molecule has 0 radical (unpaired) electrons. The van der Waals surface area contributed by atoms with E-state index in [-0.39, 0.29) is 30.3 Å². The first-order valence-electron chi connectivity index (χ1n) is 11.9. The number of para-hydroxylation sites is 1. The number of carbonyl (C=O) groups is 1. The standard InChI is InChI=1S/C24H29N5O6S/c1-15-10-13-20(35-15)23-25-26-24(29(23)22-18(33-2)7-5-8-19(22)34-3)27-36(31,32)17-12-11-16-6-4-9-21(30)28(16)14-17/h5,7-8,10,13,16-17H,4,6,9,11-12,14H2,1-3H3,(H,26,27)/t16-,17+/m0/s1. The van der Waals surface area contributed by atoms with Gasteiger partial charge in [0.25, 0.3) is 0 Å². The highest BCUT2D eigenvalue weighted by atomic mass is 32.2. The molecule has 2 saturated heterocycles. The van der Waals surface area contributed by atoms with Crippen molar-refractivity contribution in [2.24, 2.45) is 0 Å². The van der Waals surface area contributed by atoms with Gasteiger partial charge in [-0.15, -0.1) is 10.2 Å². The Hall–Kier alpha value is -3.54. The number of nitrogens with one attached hydrogen (secondary N) is 1. The predicted octanol–water partition coefficient (Wildman–Crippen LogP) is 3.14. The summed E-state index contributed by atoms with van der Waals surface area (Å²) in [4.78, 5) is 14.2. The molecule has 0 saturated carbocycles. The number of ether oxygens (including phenoxy) is 2. The van der Waals surface area contributed by atoms with Crippen LogP contribution in [0, 0.1) is 6.92 Å². The first-order chi connectivity index (χ1) is 17.3. The Balaban J connectivity index is 1.56. The molecule has 36 heavy (non-hydrogen) atoms. The maximum atomic E-state index is 13.6. The Morgan fingerprint density at radius 3 is 2.47 bits per heavy atom. The van der Waals surface area contributed by atoms with Crippen LogP contribution in [0.4, 0.5) is 5.95 Å². The van der Waals surface area contributed by atoms with Crippen molar-refractivity contribution >= 4 is 21.9 Å². The number of amides is 1. The topological polar surface area (TPSA) is 129 Å². The fraction of sp³-hybridized carbons (Fsp3) is 0.458. The number of hydrogen-bond donors (Lipinski definition) is 1. The van der Waals surface area contributed by atoms with E-state index >= 15 is 0 Å². The number of furan rings is 1. The van der Waals surface area contributed by atoms with E-state index in [1.54, 1.807) is 42.2 Å². The van der Waals surface area contributed by atoms with Crippen molar-refractivity contribution in [3.8, 4) is 28.8 Å². The summed E-state index contributed by atoms with van der Waals surface area (Å²) >= 11 is 0. The Labute approximate surface area is 209 Å². The minimum absolute atomic E-state index is 0.0172. The van der Waals surface area contributed by atoms with Gasteiger partial charge in [-0.2, -0.15) is 0 Å². The summed E-state index contributed by atoms with van der Waals surface area (Å²) in [5.41, 5.74) is 0.421. The summed E-state index contributed by atoms with van der Waals surface area (Å²) in [6.45, 7) is 1.96. The first kappa shape index (κ1) is 24.2. The number of fused-ring (bicyclic) bond motifs is 1. The van der Waals surface area contributed by atoms with Gasteiger partial charge in [-0.05, 0) is 56.9 Å². The molecule has 5 rings (SSSR count). The molecule has 1 aromatic carbocycles. The first-order valence-corrected chi connectivity index (χ1v) is 13.4. The molecule has 1 amide bonds. The Kier molecular flexibility index (Phi) is 6.37. The second kappa shape index (κ2) is 9.49. The number of anilines is 1. The van der Waals surface area contributed by atoms with Crippen molar-refractivity contribution in [2.75, 3.05) is 25.5 Å². The van der Waals surface area contributed by atoms with E-state index in [2.05, 4.69) is 14.9 Å². The molecule has 0 unspecified atom stereocenters. The van der Waals surface area contributed by atoms with Crippen LogP contribution in [0.5, 0.6) is 11.5 Å². The van der Waals surface area contributed by atoms with Crippen LogP contribution in [-0.4, -0.2) is 66.0 Å². The van der Waals surface area contributed by atoms with Crippen molar-refractivity contribution in [2.45, 2.75) is 50.3 Å². The highest BCUT2D eigenvalue weighted by Gasteiger charge is 2.40. The van der Waals surface area contributed by atoms with E-state index in [9.17, 15) is 13.2 Å². The molecular formula is C24H29N5O6S. The Morgan fingerprint density at radius 2 is 1.81 bits per heavy atom. The summed E-state index contributed by atoms with van der Waals surface area (Å²) < 4.78 is 48.2. The quantitative estimate of drug-likeness (QED) is 0.508. The number of sulfonamides is 1. The third-order valence-corrected chi connectivity index (χ3v) is 8.56. The second-order valence-corrected chi connectivity index (χ2v) is 11.0. The summed E-state index contributed by atoms with van der Waals surface area (Å²) in [7, 11) is -0.901. The molecule has 2 aliphatic heterocycles. The van der Waals surface area contributed by atoms with Gasteiger partial charge in [-0.1, -0.05) is 6.07 Å². The van der Waals surface area contributed by atoms with Crippen molar-refractivity contribution in [1.82, 2.24) is 19.7 Å². The van der Waals surface area contributed by atoms with Gasteiger partial charge in [0.05, 0.1) is 19.5 Å². The van der Waals surface area contributed by atoms with E-state index in [4.69, 9.17) is 13.9 Å². The largest absolute Gasteiger partial charge is 0.494 e. The van der Waals surface area contributed by atoms with Crippen LogP contribution in [0.1, 0.15) is 37.9 Å². The van der Waals surface area contributed by atoms with Gasteiger partial charge < -0.3 is 18.8 Å². The van der Waals surface area contributed by atoms with Gasteiger partial charge in [-0.25, -0.2) is 8.42 Å². The van der Waals surface area contributed by atoms with Gasteiger partial charge in [0, 0.05) is 19.0 Å². The predicted molar refractivity (Wildman–Crippen MR) is 132 cm³/mol. The number of carbonyl (C=O) groups excluding carboxylic acids is 1. The summed E-state index contributed by atoms with van der Waals surface area (Å²) in [6, 6.07) is 8.87. The molecule has 2 aliphatic rings. The molecule has 2 atom stereocenters. The molecule has 1 N–H and O–H groups in total. The van der Waals surface area contributed by atoms with Gasteiger partial charge in [0.1, 0.15) is 22.9 Å². The van der Waals surface area contributed by atoms with Gasteiger partial charge >= 0.3 is 0 Å². The lowest BCUT2D eigenvalue weighted by Gasteiger charge is -2.42. The molecule has 192 valence electrons. The van der Waals surface area contributed by atoms with Crippen LogP contribution in [0.15, 0.2) is 34.7 Å². The maximum Gasteiger partial charge on any atom is 0.243 e. The third kappa shape index (κ3) is 4.29. The fourth-order valence-electron chi connectivity index (χ4n) is 5.02. The molecule has 12 heteroatoms. The number of aromatic nitrogens is 3. The number of hydrogen-bond acceptors (Lipinski definition) is 8. The molecular weight excluding hydrogens is 486 g/mol. The molecule has 0 bridgehead atoms. The number of benzene rings is 1. The van der Waals surface area contributed by atoms with E-state index in [0.717, 1.165) is 12.8 Å². The lowest BCUT2D eigenvalue weighted by Crippen LogP contribution is -2.53. The van der Waals surface area contributed by atoms with Crippen LogP contribution >= 0.6 is 0 Å².